The Labute approximate surface area is 166 Å². The van der Waals surface area contributed by atoms with E-state index in [1.807, 2.05) is 6.92 Å². The van der Waals surface area contributed by atoms with Crippen molar-refractivity contribution in [3.8, 4) is 0 Å². The van der Waals surface area contributed by atoms with Crippen LogP contribution in [-0.4, -0.2) is 34.8 Å². The second-order valence-corrected chi connectivity index (χ2v) is 8.45. The quantitative estimate of drug-likeness (QED) is 0.767. The van der Waals surface area contributed by atoms with Crippen molar-refractivity contribution in [2.75, 3.05) is 6.54 Å². The predicted molar refractivity (Wildman–Crippen MR) is 106 cm³/mol. The van der Waals surface area contributed by atoms with E-state index >= 15 is 0 Å². The van der Waals surface area contributed by atoms with Gasteiger partial charge in [0.1, 0.15) is 5.54 Å². The Morgan fingerprint density at radius 1 is 1.14 bits per heavy atom. The number of nitrogens with zero attached hydrogens (tertiary/aromatic N) is 1. The minimum Gasteiger partial charge on any atom is -0.350 e. The van der Waals surface area contributed by atoms with Crippen LogP contribution in [-0.2, 0) is 22.4 Å². The molecule has 1 atom stereocenters. The van der Waals surface area contributed by atoms with Crippen LogP contribution in [0.4, 0.5) is 4.79 Å². The minimum atomic E-state index is -0.704. The highest BCUT2D eigenvalue weighted by Gasteiger charge is 2.52. The normalized spacial score (nSPS) is 21.5. The van der Waals surface area contributed by atoms with Crippen LogP contribution in [0.2, 0.25) is 0 Å². The van der Waals surface area contributed by atoms with Gasteiger partial charge >= 0.3 is 6.03 Å². The maximum atomic E-state index is 12.6. The molecule has 1 heterocycles. The Balaban J connectivity index is 1.32. The van der Waals surface area contributed by atoms with Crippen LogP contribution < -0.4 is 10.6 Å². The fourth-order valence-electron chi connectivity index (χ4n) is 4.83. The number of amides is 4. The molecule has 1 spiro atoms. The lowest BCUT2D eigenvalue weighted by molar-refractivity contribution is -0.131. The molecule has 1 aliphatic heterocycles. The van der Waals surface area contributed by atoms with Gasteiger partial charge in [-0.25, -0.2) is 4.79 Å². The summed E-state index contributed by atoms with van der Waals surface area (Å²) in [5, 5.41) is 5.86. The molecule has 6 nitrogen and oxygen atoms in total. The molecule has 0 aromatic heterocycles. The highest BCUT2D eigenvalue weighted by molar-refractivity contribution is 6.07. The van der Waals surface area contributed by atoms with Crippen LogP contribution >= 0.6 is 0 Å². The highest BCUT2D eigenvalue weighted by atomic mass is 16.2. The van der Waals surface area contributed by atoms with Gasteiger partial charge in [0.05, 0.1) is 6.04 Å². The molecule has 0 radical (unpaired) electrons. The molecular weight excluding hydrogens is 354 g/mol. The molecule has 6 heteroatoms. The number of rotatable bonds is 5. The number of urea groups is 1. The molecule has 1 saturated heterocycles. The number of imide groups is 1. The number of carbonyl (C=O) groups is 3. The summed E-state index contributed by atoms with van der Waals surface area (Å²) >= 11 is 0. The van der Waals surface area contributed by atoms with Gasteiger partial charge in [-0.15, -0.1) is 0 Å². The van der Waals surface area contributed by atoms with Crippen LogP contribution in [0.15, 0.2) is 18.2 Å². The van der Waals surface area contributed by atoms with Gasteiger partial charge in [-0.05, 0) is 62.1 Å². The number of fused-ring (bicyclic) bond motifs is 1. The monoisotopic (exact) mass is 383 g/mol. The van der Waals surface area contributed by atoms with Crippen molar-refractivity contribution in [2.45, 2.75) is 76.3 Å². The summed E-state index contributed by atoms with van der Waals surface area (Å²) in [4.78, 5) is 38.5. The molecule has 28 heavy (non-hydrogen) atoms. The molecule has 1 aromatic carbocycles. The molecule has 3 aliphatic rings. The van der Waals surface area contributed by atoms with Crippen molar-refractivity contribution >= 4 is 17.8 Å². The lowest BCUT2D eigenvalue weighted by Gasteiger charge is -2.21. The van der Waals surface area contributed by atoms with Gasteiger partial charge in [0.25, 0.3) is 5.91 Å². The van der Waals surface area contributed by atoms with Crippen molar-refractivity contribution in [1.29, 1.82) is 0 Å². The highest BCUT2D eigenvalue weighted by Crippen LogP contribution is 2.35. The van der Waals surface area contributed by atoms with Crippen LogP contribution in [0.1, 0.15) is 74.6 Å². The third-order valence-electron chi connectivity index (χ3n) is 6.52. The standard InChI is InChI=1S/C22H29N3O3/c1-15(17-9-8-16-6-2-3-7-18(16)14-17)23-19(26)10-13-25-20(27)22(24-21(25)28)11-4-5-12-22/h8-9,14-15H,2-7,10-13H2,1H3,(H,23,26)(H,24,28)/t15-/m0/s1. The average molecular weight is 383 g/mol. The van der Waals surface area contributed by atoms with Gasteiger partial charge in [-0.3, -0.25) is 14.5 Å². The van der Waals surface area contributed by atoms with E-state index in [-0.39, 0.29) is 36.9 Å². The summed E-state index contributed by atoms with van der Waals surface area (Å²) in [6.07, 6.45) is 8.18. The first-order valence-corrected chi connectivity index (χ1v) is 10.5. The van der Waals surface area contributed by atoms with Crippen molar-refractivity contribution < 1.29 is 14.4 Å². The summed E-state index contributed by atoms with van der Waals surface area (Å²) in [6, 6.07) is 6.03. The van der Waals surface area contributed by atoms with Crippen LogP contribution in [0, 0.1) is 0 Å². The summed E-state index contributed by atoms with van der Waals surface area (Å²) in [6.45, 7) is 2.11. The number of hydrogen-bond acceptors (Lipinski definition) is 3. The molecule has 0 bridgehead atoms. The van der Waals surface area contributed by atoms with E-state index in [9.17, 15) is 14.4 Å². The number of nitrogens with one attached hydrogen (secondary N) is 2. The first-order chi connectivity index (χ1) is 13.5. The maximum Gasteiger partial charge on any atom is 0.325 e. The van der Waals surface area contributed by atoms with Crippen molar-refractivity contribution in [3.05, 3.63) is 34.9 Å². The van der Waals surface area contributed by atoms with E-state index in [1.54, 1.807) is 0 Å². The fourth-order valence-corrected chi connectivity index (χ4v) is 4.83. The predicted octanol–water partition coefficient (Wildman–Crippen LogP) is 3.00. The minimum absolute atomic E-state index is 0.0935. The maximum absolute atomic E-state index is 12.6. The van der Waals surface area contributed by atoms with Crippen LogP contribution in [0.3, 0.4) is 0 Å². The Hall–Kier alpha value is -2.37. The van der Waals surface area contributed by atoms with E-state index in [4.69, 9.17) is 0 Å². The fraction of sp³-hybridized carbons (Fsp3) is 0.591. The van der Waals surface area contributed by atoms with Crippen LogP contribution in [0.25, 0.3) is 0 Å². The molecule has 4 rings (SSSR count). The molecule has 4 amide bonds. The van der Waals surface area contributed by atoms with Crippen molar-refractivity contribution in [1.82, 2.24) is 15.5 Å². The summed E-state index contributed by atoms with van der Waals surface area (Å²) < 4.78 is 0. The van der Waals surface area contributed by atoms with E-state index in [0.29, 0.717) is 12.8 Å². The zero-order chi connectivity index (χ0) is 19.7. The van der Waals surface area contributed by atoms with E-state index < -0.39 is 5.54 Å². The number of carbonyl (C=O) groups excluding carboxylic acids is 3. The topological polar surface area (TPSA) is 78.5 Å². The summed E-state index contributed by atoms with van der Waals surface area (Å²) in [5.74, 6) is -0.302. The van der Waals surface area contributed by atoms with Gasteiger partial charge in [0.2, 0.25) is 5.91 Å². The Kier molecular flexibility index (Phi) is 5.13. The molecular formula is C22H29N3O3. The SMILES string of the molecule is C[C@H](NC(=O)CCN1C(=O)NC2(CCCC2)C1=O)c1ccc2c(c1)CCCC2. The smallest absolute Gasteiger partial charge is 0.325 e. The lowest BCUT2D eigenvalue weighted by atomic mass is 9.89. The van der Waals surface area contributed by atoms with Gasteiger partial charge in [0.15, 0.2) is 0 Å². The Bertz CT molecular complexity index is 798. The van der Waals surface area contributed by atoms with E-state index in [1.165, 1.54) is 28.9 Å². The van der Waals surface area contributed by atoms with Crippen molar-refractivity contribution in [2.24, 2.45) is 0 Å². The number of aryl methyl sites for hydroxylation is 2. The Morgan fingerprint density at radius 3 is 2.61 bits per heavy atom. The number of hydrogen-bond donors (Lipinski definition) is 2. The second-order valence-electron chi connectivity index (χ2n) is 8.45. The zero-order valence-electron chi connectivity index (χ0n) is 16.6. The molecule has 1 aromatic rings. The summed E-state index contributed by atoms with van der Waals surface area (Å²) in [7, 11) is 0. The van der Waals surface area contributed by atoms with Gasteiger partial charge in [-0.1, -0.05) is 31.0 Å². The molecule has 1 saturated carbocycles. The van der Waals surface area contributed by atoms with Gasteiger partial charge in [-0.2, -0.15) is 0 Å². The lowest BCUT2D eigenvalue weighted by Crippen LogP contribution is -2.44. The van der Waals surface area contributed by atoms with E-state index in [2.05, 4.69) is 28.8 Å². The molecule has 0 unspecified atom stereocenters. The molecule has 2 N–H and O–H groups in total. The third kappa shape index (κ3) is 3.52. The second kappa shape index (κ2) is 7.57. The average Bonchev–Trinajstić information content (AvgIpc) is 3.25. The van der Waals surface area contributed by atoms with Gasteiger partial charge in [0, 0.05) is 13.0 Å². The van der Waals surface area contributed by atoms with Crippen LogP contribution in [0.5, 0.6) is 0 Å². The van der Waals surface area contributed by atoms with E-state index in [0.717, 1.165) is 31.2 Å². The largest absolute Gasteiger partial charge is 0.350 e. The molecule has 150 valence electrons. The zero-order valence-corrected chi connectivity index (χ0v) is 16.6. The number of benzene rings is 1. The summed E-state index contributed by atoms with van der Waals surface area (Å²) in [5.41, 5.74) is 3.22. The first kappa shape index (κ1) is 19.0. The third-order valence-corrected chi connectivity index (χ3v) is 6.52. The first-order valence-electron chi connectivity index (χ1n) is 10.5. The van der Waals surface area contributed by atoms with Crippen molar-refractivity contribution in [3.63, 3.8) is 0 Å². The van der Waals surface area contributed by atoms with Gasteiger partial charge < -0.3 is 10.6 Å². The molecule has 2 fully saturated rings. The molecule has 2 aliphatic carbocycles. The Morgan fingerprint density at radius 2 is 1.86 bits per heavy atom.